The summed E-state index contributed by atoms with van der Waals surface area (Å²) >= 11 is 0. The van der Waals surface area contributed by atoms with Crippen LogP contribution in [0.25, 0.3) is 0 Å². The molecule has 0 saturated carbocycles. The molecule has 2 aliphatic rings. The Morgan fingerprint density at radius 1 is 1.46 bits per heavy atom. The lowest BCUT2D eigenvalue weighted by Gasteiger charge is -2.18. The summed E-state index contributed by atoms with van der Waals surface area (Å²) in [5.74, 6) is 3.16. The number of amides is 2. The highest BCUT2D eigenvalue weighted by Gasteiger charge is 2.39. The highest BCUT2D eigenvalue weighted by molar-refractivity contribution is 5.97. The fraction of sp³-hybridized carbons (Fsp3) is 0.474. The lowest BCUT2D eigenvalue weighted by Crippen LogP contribution is -2.37. The molecule has 1 saturated heterocycles. The monoisotopic (exact) mass is 354 g/mol. The van der Waals surface area contributed by atoms with Crippen molar-refractivity contribution in [1.82, 2.24) is 5.32 Å². The van der Waals surface area contributed by atoms with Crippen molar-refractivity contribution in [3.8, 4) is 18.1 Å². The van der Waals surface area contributed by atoms with E-state index in [1.54, 1.807) is 12.0 Å². The van der Waals surface area contributed by atoms with Gasteiger partial charge in [0.05, 0.1) is 13.2 Å². The Morgan fingerprint density at radius 2 is 2.27 bits per heavy atom. The number of hydrogen-bond donors (Lipinski definition) is 1. The van der Waals surface area contributed by atoms with Gasteiger partial charge in [-0.3, -0.25) is 9.59 Å². The molecule has 1 fully saturated rings. The fourth-order valence-corrected chi connectivity index (χ4v) is 3.11. The van der Waals surface area contributed by atoms with Crippen molar-refractivity contribution in [3.63, 3.8) is 0 Å². The van der Waals surface area contributed by atoms with E-state index < -0.39 is 5.66 Å². The van der Waals surface area contributed by atoms with Gasteiger partial charge in [0.2, 0.25) is 11.8 Å². The normalized spacial score (nSPS) is 19.9. The van der Waals surface area contributed by atoms with Gasteiger partial charge in [0.15, 0.2) is 5.66 Å². The number of anilines is 1. The number of hydrogen-bond acceptors (Lipinski definition) is 5. The van der Waals surface area contributed by atoms with E-state index in [0.29, 0.717) is 44.4 Å². The largest absolute Gasteiger partial charge is 0.497 e. The molecule has 0 aromatic heterocycles. The molecule has 1 unspecified atom stereocenters. The van der Waals surface area contributed by atoms with Crippen LogP contribution in [0.4, 0.5) is 5.69 Å². The van der Waals surface area contributed by atoms with Crippen molar-refractivity contribution >= 4 is 17.5 Å². The van der Waals surface area contributed by atoms with Crippen LogP contribution < -0.4 is 15.0 Å². The zero-order valence-corrected chi connectivity index (χ0v) is 14.8. The molecule has 0 radical (unpaired) electrons. The third-order valence-electron chi connectivity index (χ3n) is 4.66. The standard InChI is InChI=1S/C19H22N4O3/c1-3-4-9-19(21-22-19)10-8-17(24)20-14-11-18(25)23(13-14)15-6-5-7-16(12-15)26-2/h1,5-7,12,14H,4,8-11,13H2,2H3,(H,20,24). The summed E-state index contributed by atoms with van der Waals surface area (Å²) in [5.41, 5.74) is 0.317. The Kier molecular flexibility index (Phi) is 5.21. The number of carbonyl (C=O) groups is 2. The van der Waals surface area contributed by atoms with E-state index in [9.17, 15) is 9.59 Å². The molecule has 0 bridgehead atoms. The van der Waals surface area contributed by atoms with Crippen LogP contribution in [-0.4, -0.2) is 37.2 Å². The van der Waals surface area contributed by atoms with Crippen molar-refractivity contribution in [3.05, 3.63) is 24.3 Å². The van der Waals surface area contributed by atoms with Crippen LogP contribution in [0.15, 0.2) is 34.5 Å². The molecular weight excluding hydrogens is 332 g/mol. The minimum atomic E-state index is -0.457. The Labute approximate surface area is 152 Å². The molecule has 1 atom stereocenters. The Bertz CT molecular complexity index is 762. The Balaban J connectivity index is 1.49. The summed E-state index contributed by atoms with van der Waals surface area (Å²) in [6, 6.07) is 7.14. The number of benzene rings is 1. The topological polar surface area (TPSA) is 83.4 Å². The molecule has 3 rings (SSSR count). The first-order valence-electron chi connectivity index (χ1n) is 8.66. The molecule has 26 heavy (non-hydrogen) atoms. The molecule has 0 spiro atoms. The second kappa shape index (κ2) is 7.56. The summed E-state index contributed by atoms with van der Waals surface area (Å²) in [6.45, 7) is 0.453. The molecule has 1 aromatic carbocycles. The maximum absolute atomic E-state index is 12.3. The fourth-order valence-electron chi connectivity index (χ4n) is 3.11. The first-order valence-corrected chi connectivity index (χ1v) is 8.66. The van der Waals surface area contributed by atoms with Crippen molar-refractivity contribution < 1.29 is 14.3 Å². The van der Waals surface area contributed by atoms with E-state index in [0.717, 1.165) is 5.69 Å². The van der Waals surface area contributed by atoms with Crippen LogP contribution in [0.5, 0.6) is 5.75 Å². The number of rotatable bonds is 8. The molecule has 1 N–H and O–H groups in total. The van der Waals surface area contributed by atoms with Crippen LogP contribution in [0, 0.1) is 12.3 Å². The van der Waals surface area contributed by atoms with Crippen molar-refractivity contribution in [2.75, 3.05) is 18.6 Å². The lowest BCUT2D eigenvalue weighted by atomic mass is 10.0. The highest BCUT2D eigenvalue weighted by Crippen LogP contribution is 2.37. The molecule has 1 aromatic rings. The summed E-state index contributed by atoms with van der Waals surface area (Å²) in [6.07, 6.45) is 7.71. The summed E-state index contributed by atoms with van der Waals surface area (Å²) in [7, 11) is 1.59. The van der Waals surface area contributed by atoms with Crippen LogP contribution in [0.1, 0.15) is 32.1 Å². The second-order valence-electron chi connectivity index (χ2n) is 6.56. The predicted octanol–water partition coefficient (Wildman–Crippen LogP) is 2.27. The number of methoxy groups -OCH3 is 1. The second-order valence-corrected chi connectivity index (χ2v) is 6.56. The quantitative estimate of drug-likeness (QED) is 0.727. The van der Waals surface area contributed by atoms with Crippen LogP contribution >= 0.6 is 0 Å². The summed E-state index contributed by atoms with van der Waals surface area (Å²) in [5, 5.41) is 11.0. The molecule has 0 aliphatic carbocycles. The first-order chi connectivity index (χ1) is 12.5. The zero-order chi connectivity index (χ0) is 18.6. The van der Waals surface area contributed by atoms with Crippen molar-refractivity contribution in [1.29, 1.82) is 0 Å². The van der Waals surface area contributed by atoms with Gasteiger partial charge in [0, 0.05) is 50.4 Å². The number of nitrogens with zero attached hydrogens (tertiary/aromatic N) is 3. The number of carbonyl (C=O) groups excluding carboxylic acids is 2. The molecule has 2 aliphatic heterocycles. The third-order valence-corrected chi connectivity index (χ3v) is 4.66. The average Bonchev–Trinajstić information content (AvgIpc) is 3.33. The van der Waals surface area contributed by atoms with Gasteiger partial charge in [-0.2, -0.15) is 10.2 Å². The van der Waals surface area contributed by atoms with E-state index in [4.69, 9.17) is 11.2 Å². The van der Waals surface area contributed by atoms with Gasteiger partial charge in [0.25, 0.3) is 0 Å². The van der Waals surface area contributed by atoms with Crippen molar-refractivity contribution in [2.24, 2.45) is 10.2 Å². The van der Waals surface area contributed by atoms with Gasteiger partial charge in [-0.1, -0.05) is 6.07 Å². The smallest absolute Gasteiger partial charge is 0.229 e. The van der Waals surface area contributed by atoms with E-state index in [2.05, 4.69) is 21.5 Å². The van der Waals surface area contributed by atoms with Gasteiger partial charge in [-0.15, -0.1) is 12.3 Å². The van der Waals surface area contributed by atoms with Gasteiger partial charge < -0.3 is 15.0 Å². The van der Waals surface area contributed by atoms with Gasteiger partial charge in [-0.05, 0) is 12.1 Å². The third kappa shape index (κ3) is 4.20. The minimum Gasteiger partial charge on any atom is -0.497 e. The molecule has 7 nitrogen and oxygen atoms in total. The van der Waals surface area contributed by atoms with E-state index >= 15 is 0 Å². The van der Waals surface area contributed by atoms with E-state index in [-0.39, 0.29) is 17.9 Å². The summed E-state index contributed by atoms with van der Waals surface area (Å²) < 4.78 is 5.20. The van der Waals surface area contributed by atoms with Gasteiger partial charge in [0.1, 0.15) is 5.75 Å². The summed E-state index contributed by atoms with van der Waals surface area (Å²) in [4.78, 5) is 26.2. The lowest BCUT2D eigenvalue weighted by molar-refractivity contribution is -0.122. The molecule has 136 valence electrons. The van der Waals surface area contributed by atoms with Crippen molar-refractivity contribution in [2.45, 2.75) is 43.8 Å². The van der Waals surface area contributed by atoms with E-state index in [1.807, 2.05) is 24.3 Å². The van der Waals surface area contributed by atoms with E-state index in [1.165, 1.54) is 0 Å². The maximum atomic E-state index is 12.3. The molecule has 2 heterocycles. The number of nitrogens with one attached hydrogen (secondary N) is 1. The highest BCUT2D eigenvalue weighted by atomic mass is 16.5. The average molecular weight is 354 g/mol. The van der Waals surface area contributed by atoms with Crippen LogP contribution in [0.2, 0.25) is 0 Å². The predicted molar refractivity (Wildman–Crippen MR) is 96.8 cm³/mol. The van der Waals surface area contributed by atoms with Crippen LogP contribution in [-0.2, 0) is 9.59 Å². The SMILES string of the molecule is C#CCCC1(CCC(=O)NC2CC(=O)N(c3cccc(OC)c3)C2)N=N1. The number of terminal acetylenes is 1. The number of ether oxygens (including phenoxy) is 1. The Morgan fingerprint density at radius 3 is 2.96 bits per heavy atom. The zero-order valence-electron chi connectivity index (χ0n) is 14.8. The molecule has 2 amide bonds. The van der Waals surface area contributed by atoms with Crippen LogP contribution in [0.3, 0.4) is 0 Å². The molecular formula is C19H22N4O3. The van der Waals surface area contributed by atoms with Gasteiger partial charge >= 0.3 is 0 Å². The molecule has 7 heteroatoms. The van der Waals surface area contributed by atoms with Gasteiger partial charge in [-0.25, -0.2) is 0 Å². The Hall–Kier alpha value is -2.88. The minimum absolute atomic E-state index is 0.0127. The first kappa shape index (κ1) is 17.9. The maximum Gasteiger partial charge on any atom is 0.229 e.